The first-order valence-corrected chi connectivity index (χ1v) is 8.83. The molecule has 0 amide bonds. The second kappa shape index (κ2) is 7.73. The van der Waals surface area contributed by atoms with Gasteiger partial charge in [-0.1, -0.05) is 13.0 Å². The number of hydrogen-bond acceptors (Lipinski definition) is 6. The van der Waals surface area contributed by atoms with Crippen molar-refractivity contribution in [1.29, 1.82) is 0 Å². The van der Waals surface area contributed by atoms with Gasteiger partial charge >= 0.3 is 0 Å². The monoisotopic (exact) mass is 403 g/mol. The van der Waals surface area contributed by atoms with Crippen molar-refractivity contribution in [1.82, 2.24) is 4.90 Å². The van der Waals surface area contributed by atoms with E-state index in [1.165, 1.54) is 6.26 Å². The molecule has 0 saturated heterocycles. The number of nitrogens with zero attached hydrogens (tertiary/aromatic N) is 1. The molecule has 3 aromatic rings. The first kappa shape index (κ1) is 20.0. The van der Waals surface area contributed by atoms with Crippen LogP contribution in [-0.4, -0.2) is 30.9 Å². The minimum absolute atomic E-state index is 0. The summed E-state index contributed by atoms with van der Waals surface area (Å²) in [5.41, 5.74) is 2.80. The van der Waals surface area contributed by atoms with E-state index in [2.05, 4.69) is 0 Å². The average Bonchev–Trinajstić information content (AvgIpc) is 3.11. The van der Waals surface area contributed by atoms with E-state index in [-0.39, 0.29) is 30.4 Å². The lowest BCUT2D eigenvalue weighted by molar-refractivity contribution is 0.174. The van der Waals surface area contributed by atoms with Gasteiger partial charge in [-0.15, -0.1) is 12.4 Å². The van der Waals surface area contributed by atoms with Gasteiger partial charge in [-0.05, 0) is 49.8 Å². The fourth-order valence-corrected chi connectivity index (χ4v) is 3.39. The summed E-state index contributed by atoms with van der Waals surface area (Å²) in [5.74, 6) is 1.47. The van der Waals surface area contributed by atoms with E-state index in [0.29, 0.717) is 52.1 Å². The summed E-state index contributed by atoms with van der Waals surface area (Å²) in [6.45, 7) is 2.60. The summed E-state index contributed by atoms with van der Waals surface area (Å²) in [4.78, 5) is 15.1. The minimum atomic E-state index is -0.134. The van der Waals surface area contributed by atoms with Crippen LogP contribution in [0.5, 0.6) is 17.2 Å². The average molecular weight is 404 g/mol. The molecule has 0 unspecified atom stereocenters. The Balaban J connectivity index is 0.00000225. The zero-order chi connectivity index (χ0) is 19.1. The zero-order valence-electron chi connectivity index (χ0n) is 15.9. The molecular formula is C21H22ClNO5. The van der Waals surface area contributed by atoms with Crippen molar-refractivity contribution in [3.63, 3.8) is 0 Å². The number of aromatic hydroxyl groups is 1. The van der Waals surface area contributed by atoms with Crippen LogP contribution >= 0.6 is 12.4 Å². The molecule has 1 aromatic heterocycles. The number of phenols is 1. The number of phenolic OH excluding ortho intramolecular Hbond substituents is 1. The predicted octanol–water partition coefficient (Wildman–Crippen LogP) is 3.94. The molecule has 0 saturated carbocycles. The number of hydrogen-bond donors (Lipinski definition) is 1. The molecule has 0 radical (unpaired) electrons. The van der Waals surface area contributed by atoms with Gasteiger partial charge in [0.15, 0.2) is 11.5 Å². The minimum Gasteiger partial charge on any atom is -0.507 e. The Labute approximate surface area is 168 Å². The summed E-state index contributed by atoms with van der Waals surface area (Å²) in [6, 6.07) is 7.11. The highest BCUT2D eigenvalue weighted by Crippen LogP contribution is 2.36. The van der Waals surface area contributed by atoms with E-state index in [1.807, 2.05) is 32.0 Å². The normalized spacial score (nSPS) is 12.4. The number of halogens is 1. The first-order valence-electron chi connectivity index (χ1n) is 8.83. The summed E-state index contributed by atoms with van der Waals surface area (Å²) in [6.07, 6.45) is 2.07. The second-order valence-electron chi connectivity index (χ2n) is 6.88. The molecule has 2 heterocycles. The summed E-state index contributed by atoms with van der Waals surface area (Å²) in [5, 5.41) is 11.1. The van der Waals surface area contributed by atoms with E-state index < -0.39 is 0 Å². The quantitative estimate of drug-likeness (QED) is 0.711. The summed E-state index contributed by atoms with van der Waals surface area (Å²) in [7, 11) is 3.81. The third-order valence-corrected chi connectivity index (χ3v) is 4.75. The van der Waals surface area contributed by atoms with Crippen molar-refractivity contribution in [3.8, 4) is 28.4 Å². The van der Waals surface area contributed by atoms with E-state index in [9.17, 15) is 9.90 Å². The van der Waals surface area contributed by atoms with Gasteiger partial charge in [0, 0.05) is 6.54 Å². The van der Waals surface area contributed by atoms with Crippen LogP contribution in [0.4, 0.5) is 0 Å². The van der Waals surface area contributed by atoms with E-state index in [1.54, 1.807) is 18.2 Å². The summed E-state index contributed by atoms with van der Waals surface area (Å²) >= 11 is 0. The van der Waals surface area contributed by atoms with Gasteiger partial charge in [0.2, 0.25) is 12.2 Å². The Hall–Kier alpha value is -2.70. The van der Waals surface area contributed by atoms with Gasteiger partial charge in [0.05, 0.1) is 16.5 Å². The standard InChI is InChI=1S/C21H21NO5.ClH/c1-4-12-7-14-20(24)16(13-5-6-17-18(8-13)27-11-26-17)10-25-21(14)15(19(12)23)9-22(2)3;/h5-8,10,23H,4,9,11H2,1-3H3;1H. The lowest BCUT2D eigenvalue weighted by Gasteiger charge is -2.16. The van der Waals surface area contributed by atoms with Crippen LogP contribution < -0.4 is 14.9 Å². The molecule has 0 aliphatic carbocycles. The van der Waals surface area contributed by atoms with Crippen molar-refractivity contribution < 1.29 is 19.0 Å². The van der Waals surface area contributed by atoms with Gasteiger partial charge in [-0.3, -0.25) is 4.79 Å². The van der Waals surface area contributed by atoms with Gasteiger partial charge in [0.25, 0.3) is 0 Å². The van der Waals surface area contributed by atoms with Crippen molar-refractivity contribution in [2.45, 2.75) is 19.9 Å². The highest BCUT2D eigenvalue weighted by Gasteiger charge is 2.20. The molecule has 148 valence electrons. The van der Waals surface area contributed by atoms with E-state index in [0.717, 1.165) is 5.56 Å². The fraction of sp³-hybridized carbons (Fsp3) is 0.286. The van der Waals surface area contributed by atoms with E-state index in [4.69, 9.17) is 13.9 Å². The molecule has 7 heteroatoms. The molecule has 1 aliphatic heterocycles. The second-order valence-corrected chi connectivity index (χ2v) is 6.88. The Morgan fingerprint density at radius 2 is 1.89 bits per heavy atom. The Bertz CT molecular complexity index is 1090. The molecule has 1 N–H and O–H groups in total. The van der Waals surface area contributed by atoms with Gasteiger partial charge in [0.1, 0.15) is 17.6 Å². The third kappa shape index (κ3) is 3.30. The van der Waals surface area contributed by atoms with Crippen molar-refractivity contribution in [2.24, 2.45) is 0 Å². The predicted molar refractivity (Wildman–Crippen MR) is 110 cm³/mol. The van der Waals surface area contributed by atoms with Crippen molar-refractivity contribution in [2.75, 3.05) is 20.9 Å². The van der Waals surface area contributed by atoms with Crippen LogP contribution in [0.1, 0.15) is 18.1 Å². The van der Waals surface area contributed by atoms with Crippen LogP contribution in [-0.2, 0) is 13.0 Å². The van der Waals surface area contributed by atoms with Crippen molar-refractivity contribution >= 4 is 23.4 Å². The summed E-state index contributed by atoms with van der Waals surface area (Å²) < 4.78 is 16.6. The molecule has 0 atom stereocenters. The largest absolute Gasteiger partial charge is 0.507 e. The van der Waals surface area contributed by atoms with Crippen LogP contribution in [0.2, 0.25) is 0 Å². The van der Waals surface area contributed by atoms with E-state index >= 15 is 0 Å². The van der Waals surface area contributed by atoms with Gasteiger partial charge in [-0.2, -0.15) is 0 Å². The molecule has 2 aromatic carbocycles. The molecule has 0 bridgehead atoms. The molecule has 6 nitrogen and oxygen atoms in total. The third-order valence-electron chi connectivity index (χ3n) is 4.75. The van der Waals surface area contributed by atoms with Gasteiger partial charge < -0.3 is 23.9 Å². The number of ether oxygens (including phenoxy) is 2. The molecule has 28 heavy (non-hydrogen) atoms. The number of rotatable bonds is 4. The molecule has 0 spiro atoms. The van der Waals surface area contributed by atoms with Crippen LogP contribution in [0.25, 0.3) is 22.1 Å². The Morgan fingerprint density at radius 3 is 2.61 bits per heavy atom. The lowest BCUT2D eigenvalue weighted by atomic mass is 9.99. The number of fused-ring (bicyclic) bond motifs is 2. The molecular weight excluding hydrogens is 382 g/mol. The van der Waals surface area contributed by atoms with Crippen LogP contribution in [0, 0.1) is 0 Å². The fourth-order valence-electron chi connectivity index (χ4n) is 3.39. The maximum Gasteiger partial charge on any atom is 0.231 e. The molecule has 0 fully saturated rings. The number of benzene rings is 2. The van der Waals surface area contributed by atoms with Gasteiger partial charge in [-0.25, -0.2) is 0 Å². The Morgan fingerprint density at radius 1 is 1.14 bits per heavy atom. The lowest BCUT2D eigenvalue weighted by Crippen LogP contribution is -2.13. The first-order chi connectivity index (χ1) is 13.0. The number of aryl methyl sites for hydroxylation is 1. The smallest absolute Gasteiger partial charge is 0.231 e. The highest BCUT2D eigenvalue weighted by atomic mass is 35.5. The topological polar surface area (TPSA) is 72.1 Å². The SMILES string of the molecule is CCc1cc2c(=O)c(-c3ccc4c(c3)OCO4)coc2c(CN(C)C)c1O.Cl. The molecule has 1 aliphatic rings. The van der Waals surface area contributed by atoms with Crippen LogP contribution in [0.3, 0.4) is 0 Å². The highest BCUT2D eigenvalue weighted by molar-refractivity contribution is 5.87. The van der Waals surface area contributed by atoms with Crippen LogP contribution in [0.15, 0.2) is 39.7 Å². The maximum atomic E-state index is 13.2. The zero-order valence-corrected chi connectivity index (χ0v) is 16.8. The maximum absolute atomic E-state index is 13.2. The van der Waals surface area contributed by atoms with Crippen molar-refractivity contribution in [3.05, 3.63) is 51.9 Å². The Kier molecular flexibility index (Phi) is 5.54. The molecule has 4 rings (SSSR count).